The average molecular weight is 497 g/mol. The van der Waals surface area contributed by atoms with Gasteiger partial charge in [-0.1, -0.05) is 35.9 Å². The van der Waals surface area contributed by atoms with Crippen molar-refractivity contribution in [2.75, 3.05) is 46.1 Å². The molecule has 0 saturated carbocycles. The number of hydrogen-bond acceptors (Lipinski definition) is 6. The molecule has 1 saturated heterocycles. The van der Waals surface area contributed by atoms with Gasteiger partial charge in [-0.15, -0.1) is 0 Å². The Bertz CT molecular complexity index is 1040. The molecule has 10 heteroatoms. The van der Waals surface area contributed by atoms with Crippen molar-refractivity contribution in [3.8, 4) is 0 Å². The normalized spacial score (nSPS) is 14.8. The Morgan fingerprint density at radius 1 is 1.09 bits per heavy atom. The van der Waals surface area contributed by atoms with E-state index in [1.807, 2.05) is 31.2 Å². The predicted molar refractivity (Wildman–Crippen MR) is 125 cm³/mol. The van der Waals surface area contributed by atoms with Crippen molar-refractivity contribution in [1.82, 2.24) is 9.62 Å². The fraction of sp³-hybridized carbons (Fsp3) is 0.435. The van der Waals surface area contributed by atoms with Crippen molar-refractivity contribution in [2.24, 2.45) is 0 Å². The van der Waals surface area contributed by atoms with Crippen molar-refractivity contribution in [3.05, 3.63) is 64.2 Å². The summed E-state index contributed by atoms with van der Waals surface area (Å²) in [5, 5.41) is 2.91. The number of sulfonamides is 1. The van der Waals surface area contributed by atoms with Crippen LogP contribution in [0.1, 0.15) is 28.4 Å². The summed E-state index contributed by atoms with van der Waals surface area (Å²) >= 11 is 6.18. The Balaban J connectivity index is 1.62. The molecule has 8 nitrogen and oxygen atoms in total. The quantitative estimate of drug-likeness (QED) is 0.481. The van der Waals surface area contributed by atoms with Crippen LogP contribution in [0.2, 0.25) is 5.02 Å². The van der Waals surface area contributed by atoms with Gasteiger partial charge in [0.05, 0.1) is 38.1 Å². The van der Waals surface area contributed by atoms with Crippen LogP contribution in [-0.4, -0.2) is 64.8 Å². The topological polar surface area (TPSA) is 94.2 Å². The maximum Gasteiger partial charge on any atom is 0.251 e. The molecule has 0 radical (unpaired) electrons. The second-order valence-corrected chi connectivity index (χ2v) is 9.73. The third-order valence-corrected chi connectivity index (χ3v) is 7.45. The van der Waals surface area contributed by atoms with E-state index < -0.39 is 10.0 Å². The summed E-state index contributed by atoms with van der Waals surface area (Å²) in [5.74, 6) is -0.386. The summed E-state index contributed by atoms with van der Waals surface area (Å²) in [7, 11) is -3.82. The van der Waals surface area contributed by atoms with E-state index in [0.29, 0.717) is 46.2 Å². The monoisotopic (exact) mass is 496 g/mol. The molecular weight excluding hydrogens is 468 g/mol. The summed E-state index contributed by atoms with van der Waals surface area (Å²) in [6.45, 7) is 5.56. The maximum absolute atomic E-state index is 13.0. The lowest BCUT2D eigenvalue weighted by atomic mass is 10.1. The van der Waals surface area contributed by atoms with Gasteiger partial charge in [-0.25, -0.2) is 8.42 Å². The van der Waals surface area contributed by atoms with Crippen LogP contribution < -0.4 is 5.32 Å². The van der Waals surface area contributed by atoms with Crippen LogP contribution in [0.25, 0.3) is 0 Å². The van der Waals surface area contributed by atoms with Crippen molar-refractivity contribution < 1.29 is 27.4 Å². The molecule has 0 aliphatic carbocycles. The second kappa shape index (κ2) is 12.5. The summed E-state index contributed by atoms with van der Waals surface area (Å²) in [6, 6.07) is 12.0. The Kier molecular flexibility index (Phi) is 9.66. The minimum absolute atomic E-state index is 0.0788. The molecule has 1 amide bonds. The van der Waals surface area contributed by atoms with Gasteiger partial charge < -0.3 is 19.5 Å². The van der Waals surface area contributed by atoms with Gasteiger partial charge in [0.2, 0.25) is 10.0 Å². The van der Waals surface area contributed by atoms with Crippen LogP contribution in [0.4, 0.5) is 0 Å². The van der Waals surface area contributed by atoms with Crippen LogP contribution >= 0.6 is 11.6 Å². The zero-order chi connectivity index (χ0) is 23.7. The molecule has 1 fully saturated rings. The van der Waals surface area contributed by atoms with E-state index in [1.54, 1.807) is 0 Å². The van der Waals surface area contributed by atoms with Crippen LogP contribution in [-0.2, 0) is 37.4 Å². The van der Waals surface area contributed by atoms with Gasteiger partial charge in [0, 0.05) is 31.8 Å². The van der Waals surface area contributed by atoms with Crippen molar-refractivity contribution in [3.63, 3.8) is 0 Å². The fourth-order valence-corrected chi connectivity index (χ4v) is 5.24. The van der Waals surface area contributed by atoms with Gasteiger partial charge in [-0.2, -0.15) is 4.31 Å². The highest BCUT2D eigenvalue weighted by Gasteiger charge is 2.29. The number of ether oxygens (including phenoxy) is 3. The summed E-state index contributed by atoms with van der Waals surface area (Å²) in [4.78, 5) is 12.6. The first-order valence-corrected chi connectivity index (χ1v) is 12.6. The molecule has 0 spiro atoms. The highest BCUT2D eigenvalue weighted by Crippen LogP contribution is 2.26. The molecule has 1 N–H and O–H groups in total. The molecule has 1 heterocycles. The summed E-state index contributed by atoms with van der Waals surface area (Å²) < 4.78 is 43.3. The predicted octanol–water partition coefficient (Wildman–Crippen LogP) is 2.84. The largest absolute Gasteiger partial charge is 0.379 e. The van der Waals surface area contributed by atoms with Crippen LogP contribution in [0.5, 0.6) is 0 Å². The van der Waals surface area contributed by atoms with Gasteiger partial charge in [0.25, 0.3) is 5.91 Å². The number of amides is 1. The molecular formula is C23H29ClN2O6S. The number of halogens is 1. The van der Waals surface area contributed by atoms with E-state index in [2.05, 4.69) is 5.32 Å². The number of carbonyl (C=O) groups excluding carboxylic acids is 1. The Morgan fingerprint density at radius 3 is 2.58 bits per heavy atom. The smallest absolute Gasteiger partial charge is 0.251 e. The molecule has 1 aliphatic rings. The molecule has 2 aromatic carbocycles. The van der Waals surface area contributed by atoms with E-state index in [1.165, 1.54) is 22.5 Å². The molecule has 2 aromatic rings. The lowest BCUT2D eigenvalue weighted by molar-refractivity contribution is 0.0453. The number of rotatable bonds is 11. The van der Waals surface area contributed by atoms with Gasteiger partial charge in [-0.05, 0) is 36.2 Å². The first-order chi connectivity index (χ1) is 15.9. The van der Waals surface area contributed by atoms with Crippen LogP contribution in [0.3, 0.4) is 0 Å². The highest BCUT2D eigenvalue weighted by atomic mass is 35.5. The third kappa shape index (κ3) is 7.23. The number of benzene rings is 2. The fourth-order valence-electron chi connectivity index (χ4n) is 3.33. The van der Waals surface area contributed by atoms with E-state index >= 15 is 0 Å². The molecule has 0 bridgehead atoms. The van der Waals surface area contributed by atoms with Crippen LogP contribution in [0.15, 0.2) is 47.4 Å². The minimum atomic E-state index is -3.82. The molecule has 3 rings (SSSR count). The van der Waals surface area contributed by atoms with Gasteiger partial charge in [0.15, 0.2) is 0 Å². The maximum atomic E-state index is 13.0. The molecule has 33 heavy (non-hydrogen) atoms. The second-order valence-electron chi connectivity index (χ2n) is 7.41. The first-order valence-electron chi connectivity index (χ1n) is 10.8. The van der Waals surface area contributed by atoms with E-state index in [9.17, 15) is 13.2 Å². The van der Waals surface area contributed by atoms with E-state index in [-0.39, 0.29) is 34.5 Å². The number of nitrogens with one attached hydrogen (secondary N) is 1. The summed E-state index contributed by atoms with van der Waals surface area (Å²) in [5.41, 5.74) is 2.12. The lowest BCUT2D eigenvalue weighted by Crippen LogP contribution is -2.40. The van der Waals surface area contributed by atoms with Crippen molar-refractivity contribution in [1.29, 1.82) is 0 Å². The Morgan fingerprint density at radius 2 is 1.82 bits per heavy atom. The van der Waals surface area contributed by atoms with Crippen molar-refractivity contribution in [2.45, 2.75) is 25.0 Å². The standard InChI is InChI=1S/C23H29ClN2O6S/c1-2-30-12-13-32-17-19-5-3-4-18(14-19)16-25-23(27)20-6-7-21(24)22(15-20)33(28,29)26-8-10-31-11-9-26/h3-7,14-15H,2,8-13,16-17H2,1H3,(H,25,27). The molecule has 180 valence electrons. The molecule has 1 aliphatic heterocycles. The third-order valence-electron chi connectivity index (χ3n) is 5.07. The van der Waals surface area contributed by atoms with Gasteiger partial charge >= 0.3 is 0 Å². The Hall–Kier alpha value is -2.01. The number of nitrogens with zero attached hydrogens (tertiary/aromatic N) is 1. The van der Waals surface area contributed by atoms with E-state index in [4.69, 9.17) is 25.8 Å². The minimum Gasteiger partial charge on any atom is -0.379 e. The average Bonchev–Trinajstić information content (AvgIpc) is 2.83. The number of morpholine rings is 1. The number of carbonyl (C=O) groups is 1. The zero-order valence-corrected chi connectivity index (χ0v) is 20.2. The highest BCUT2D eigenvalue weighted by molar-refractivity contribution is 7.89. The van der Waals surface area contributed by atoms with Gasteiger partial charge in [0.1, 0.15) is 4.90 Å². The SMILES string of the molecule is CCOCCOCc1cccc(CNC(=O)c2ccc(Cl)c(S(=O)(=O)N3CCOCC3)c2)c1. The first kappa shape index (κ1) is 25.6. The summed E-state index contributed by atoms with van der Waals surface area (Å²) in [6.07, 6.45) is 0. The molecule has 0 aromatic heterocycles. The van der Waals surface area contributed by atoms with E-state index in [0.717, 1.165) is 11.1 Å². The van der Waals surface area contributed by atoms with Crippen molar-refractivity contribution >= 4 is 27.5 Å². The lowest BCUT2D eigenvalue weighted by Gasteiger charge is -2.26. The van der Waals surface area contributed by atoms with Crippen LogP contribution in [0, 0.1) is 0 Å². The Labute approximate surface area is 199 Å². The zero-order valence-electron chi connectivity index (χ0n) is 18.6. The number of hydrogen-bond donors (Lipinski definition) is 1. The molecule has 0 unspecified atom stereocenters. The molecule has 0 atom stereocenters. The van der Waals surface area contributed by atoms with Gasteiger partial charge in [-0.3, -0.25) is 4.79 Å².